The van der Waals surface area contributed by atoms with Crippen LogP contribution in [0.5, 0.6) is 23.0 Å². The van der Waals surface area contributed by atoms with Gasteiger partial charge < -0.3 is 25.7 Å². The number of rotatable bonds is 4. The SMILES string of the molecule is CC1CC2C[C@H](C)CC(c3cc(C(=O)NCc4cc(O)ccc4O)c(O)cc3O)(C1)C2. The van der Waals surface area contributed by atoms with Gasteiger partial charge in [-0.3, -0.25) is 4.79 Å². The van der Waals surface area contributed by atoms with E-state index in [0.29, 0.717) is 23.3 Å². The van der Waals surface area contributed by atoms with Crippen LogP contribution in [-0.4, -0.2) is 26.3 Å². The van der Waals surface area contributed by atoms with Crippen LogP contribution in [-0.2, 0) is 12.0 Å². The van der Waals surface area contributed by atoms with Crippen molar-refractivity contribution in [3.63, 3.8) is 0 Å². The minimum atomic E-state index is -0.498. The van der Waals surface area contributed by atoms with Gasteiger partial charge in [-0.25, -0.2) is 0 Å². The van der Waals surface area contributed by atoms with E-state index in [1.165, 1.54) is 37.1 Å². The Bertz CT molecular complexity index is 982. The third-order valence-electron chi connectivity index (χ3n) is 7.06. The van der Waals surface area contributed by atoms with Gasteiger partial charge in [0.05, 0.1) is 5.56 Å². The fraction of sp³-hybridized carbons (Fsp3) is 0.480. The highest BCUT2D eigenvalue weighted by atomic mass is 16.3. The van der Waals surface area contributed by atoms with E-state index in [9.17, 15) is 25.2 Å². The van der Waals surface area contributed by atoms with Crippen LogP contribution in [0.4, 0.5) is 0 Å². The molecule has 6 heteroatoms. The van der Waals surface area contributed by atoms with Crippen LogP contribution in [0.3, 0.4) is 0 Å². The molecule has 1 amide bonds. The van der Waals surface area contributed by atoms with Gasteiger partial charge in [-0.2, -0.15) is 0 Å². The number of benzene rings is 2. The number of hydrogen-bond acceptors (Lipinski definition) is 5. The van der Waals surface area contributed by atoms with E-state index < -0.39 is 5.91 Å². The summed E-state index contributed by atoms with van der Waals surface area (Å²) in [6, 6.07) is 7.02. The van der Waals surface area contributed by atoms with Crippen LogP contribution in [0, 0.1) is 17.8 Å². The molecule has 31 heavy (non-hydrogen) atoms. The number of aromatic hydroxyl groups is 4. The van der Waals surface area contributed by atoms with Crippen LogP contribution < -0.4 is 5.32 Å². The molecule has 166 valence electrons. The van der Waals surface area contributed by atoms with E-state index in [2.05, 4.69) is 19.2 Å². The molecule has 2 saturated carbocycles. The largest absolute Gasteiger partial charge is 0.508 e. The number of amides is 1. The van der Waals surface area contributed by atoms with Crippen molar-refractivity contribution >= 4 is 5.91 Å². The lowest BCUT2D eigenvalue weighted by Crippen LogP contribution is -2.42. The quantitative estimate of drug-likeness (QED) is 0.462. The van der Waals surface area contributed by atoms with Gasteiger partial charge in [0.1, 0.15) is 23.0 Å². The highest BCUT2D eigenvalue weighted by Crippen LogP contribution is 2.56. The molecule has 4 rings (SSSR count). The zero-order valence-corrected chi connectivity index (χ0v) is 18.1. The van der Waals surface area contributed by atoms with E-state index in [1.54, 1.807) is 6.07 Å². The number of carbonyl (C=O) groups is 1. The van der Waals surface area contributed by atoms with Gasteiger partial charge >= 0.3 is 0 Å². The first-order valence-electron chi connectivity index (χ1n) is 11.0. The van der Waals surface area contributed by atoms with Crippen LogP contribution in [0.1, 0.15) is 67.4 Å². The minimum absolute atomic E-state index is 0.00397. The summed E-state index contributed by atoms with van der Waals surface area (Å²) in [6.45, 7) is 4.50. The molecule has 0 heterocycles. The molecule has 0 aromatic heterocycles. The van der Waals surface area contributed by atoms with Crippen molar-refractivity contribution in [1.29, 1.82) is 0 Å². The summed E-state index contributed by atoms with van der Waals surface area (Å²) in [6.07, 6.45) is 5.32. The molecule has 5 N–H and O–H groups in total. The summed E-state index contributed by atoms with van der Waals surface area (Å²) in [5, 5.41) is 43.4. The molecule has 2 aromatic carbocycles. The Balaban J connectivity index is 1.63. The first kappa shape index (κ1) is 21.3. The minimum Gasteiger partial charge on any atom is -0.508 e. The lowest BCUT2D eigenvalue weighted by atomic mass is 9.54. The second kappa shape index (κ2) is 7.98. The molecule has 3 unspecified atom stereocenters. The average molecular weight is 426 g/mol. The van der Waals surface area contributed by atoms with Gasteiger partial charge in [0.15, 0.2) is 0 Å². The Morgan fingerprint density at radius 2 is 1.61 bits per heavy atom. The van der Waals surface area contributed by atoms with Gasteiger partial charge in [-0.05, 0) is 79.5 Å². The Morgan fingerprint density at radius 3 is 2.29 bits per heavy atom. The summed E-state index contributed by atoms with van der Waals surface area (Å²) >= 11 is 0. The molecule has 2 aliphatic rings. The number of nitrogens with one attached hydrogen (secondary N) is 1. The highest BCUT2D eigenvalue weighted by molar-refractivity contribution is 5.97. The Hall–Kier alpha value is -2.89. The van der Waals surface area contributed by atoms with E-state index >= 15 is 0 Å². The smallest absolute Gasteiger partial charge is 0.255 e. The summed E-state index contributed by atoms with van der Waals surface area (Å²) in [7, 11) is 0. The Labute approximate surface area is 182 Å². The normalized spacial score (nSPS) is 27.6. The van der Waals surface area contributed by atoms with Crippen molar-refractivity contribution in [3.05, 3.63) is 47.0 Å². The average Bonchev–Trinajstić information content (AvgIpc) is 2.67. The highest BCUT2D eigenvalue weighted by Gasteiger charge is 2.46. The van der Waals surface area contributed by atoms with Crippen LogP contribution in [0.25, 0.3) is 0 Å². The van der Waals surface area contributed by atoms with E-state index in [4.69, 9.17) is 0 Å². The van der Waals surface area contributed by atoms with Gasteiger partial charge in [0.2, 0.25) is 0 Å². The number of hydrogen-bond donors (Lipinski definition) is 5. The summed E-state index contributed by atoms with van der Waals surface area (Å²) in [5.74, 6) is 0.931. The molecule has 0 spiro atoms. The van der Waals surface area contributed by atoms with Crippen molar-refractivity contribution in [3.8, 4) is 23.0 Å². The first-order valence-corrected chi connectivity index (χ1v) is 11.0. The lowest BCUT2D eigenvalue weighted by molar-refractivity contribution is 0.0761. The molecule has 2 bridgehead atoms. The van der Waals surface area contributed by atoms with Crippen LogP contribution in [0.15, 0.2) is 30.3 Å². The number of phenols is 4. The third kappa shape index (κ3) is 4.16. The second-order valence-electron chi connectivity index (χ2n) is 9.82. The Morgan fingerprint density at radius 1 is 0.935 bits per heavy atom. The van der Waals surface area contributed by atoms with E-state index in [-0.39, 0.29) is 40.5 Å². The lowest BCUT2D eigenvalue weighted by Gasteiger charge is -2.50. The summed E-state index contributed by atoms with van der Waals surface area (Å²) < 4.78 is 0. The predicted molar refractivity (Wildman–Crippen MR) is 117 cm³/mol. The van der Waals surface area contributed by atoms with Crippen LogP contribution >= 0.6 is 0 Å². The van der Waals surface area contributed by atoms with E-state index in [0.717, 1.165) is 24.8 Å². The van der Waals surface area contributed by atoms with Crippen molar-refractivity contribution < 1.29 is 25.2 Å². The molecule has 2 aromatic rings. The monoisotopic (exact) mass is 425 g/mol. The second-order valence-corrected chi connectivity index (χ2v) is 9.82. The molecular weight excluding hydrogens is 394 g/mol. The number of phenolic OH excluding ortho intramolecular Hbond substituents is 4. The Kier molecular flexibility index (Phi) is 5.50. The van der Waals surface area contributed by atoms with E-state index in [1.807, 2.05) is 0 Å². The van der Waals surface area contributed by atoms with Crippen LogP contribution in [0.2, 0.25) is 0 Å². The maximum Gasteiger partial charge on any atom is 0.255 e. The van der Waals surface area contributed by atoms with Crippen molar-refractivity contribution in [2.75, 3.05) is 0 Å². The standard InChI is InChI=1S/C25H31NO5/c1-14-5-16-6-15(2)11-25(10-14,12-16)20-8-19(22(29)9-23(20)30)24(31)26-13-17-7-18(27)3-4-21(17)28/h3-4,7-9,14-16,27-30H,5-6,10-13H2,1-2H3,(H,26,31)/t14-,15?,16?,25?/m0/s1. The third-order valence-corrected chi connectivity index (χ3v) is 7.06. The molecule has 4 atom stereocenters. The van der Waals surface area contributed by atoms with Crippen molar-refractivity contribution in [2.24, 2.45) is 17.8 Å². The van der Waals surface area contributed by atoms with Gasteiger partial charge in [-0.15, -0.1) is 0 Å². The van der Waals surface area contributed by atoms with Crippen molar-refractivity contribution in [2.45, 2.75) is 57.9 Å². The van der Waals surface area contributed by atoms with Crippen molar-refractivity contribution in [1.82, 2.24) is 5.32 Å². The molecule has 0 radical (unpaired) electrons. The van der Waals surface area contributed by atoms with Gasteiger partial charge in [-0.1, -0.05) is 13.8 Å². The topological polar surface area (TPSA) is 110 Å². The van der Waals surface area contributed by atoms with Gasteiger partial charge in [0.25, 0.3) is 5.91 Å². The zero-order chi connectivity index (χ0) is 22.3. The fourth-order valence-electron chi connectivity index (χ4n) is 6.20. The molecule has 0 saturated heterocycles. The molecule has 2 fully saturated rings. The predicted octanol–water partition coefficient (Wildman–Crippen LogP) is 4.54. The number of fused-ring (bicyclic) bond motifs is 2. The van der Waals surface area contributed by atoms with Gasteiger partial charge in [0, 0.05) is 23.7 Å². The summed E-state index contributed by atoms with van der Waals surface area (Å²) in [4.78, 5) is 12.9. The summed E-state index contributed by atoms with van der Waals surface area (Å²) in [5.41, 5.74) is 1.04. The number of carbonyl (C=O) groups excluding carboxylic acids is 1. The molecule has 6 nitrogen and oxygen atoms in total. The maximum absolute atomic E-state index is 12.9. The first-order chi connectivity index (χ1) is 14.7. The maximum atomic E-state index is 12.9. The molecule has 2 aliphatic carbocycles. The fourth-order valence-corrected chi connectivity index (χ4v) is 6.20. The zero-order valence-electron chi connectivity index (χ0n) is 18.1. The molecular formula is C25H31NO5. The molecule has 0 aliphatic heterocycles.